The van der Waals surface area contributed by atoms with Gasteiger partial charge in [-0.3, -0.25) is 9.59 Å². The maximum absolute atomic E-state index is 13.4. The van der Waals surface area contributed by atoms with Crippen LogP contribution in [0.3, 0.4) is 0 Å². The van der Waals surface area contributed by atoms with Gasteiger partial charge in [0.15, 0.2) is 11.5 Å². The molecule has 0 unspecified atom stereocenters. The van der Waals surface area contributed by atoms with Gasteiger partial charge in [0.1, 0.15) is 11.9 Å². The Hall–Kier alpha value is -3.09. The van der Waals surface area contributed by atoms with Gasteiger partial charge in [-0.05, 0) is 83.4 Å². The number of hydrogen-bond acceptors (Lipinski definition) is 4. The molecule has 2 amide bonds. The molecule has 2 rings (SSSR count). The van der Waals surface area contributed by atoms with Crippen molar-refractivity contribution in [2.45, 2.75) is 72.5 Å². The molecule has 0 aliphatic carbocycles. The van der Waals surface area contributed by atoms with Crippen LogP contribution in [0, 0.1) is 5.82 Å². The largest absolute Gasteiger partial charge is 0.490 e. The maximum atomic E-state index is 13.4. The minimum Gasteiger partial charge on any atom is -0.490 e. The maximum Gasteiger partial charge on any atom is 0.242 e. The van der Waals surface area contributed by atoms with Crippen LogP contribution in [0.2, 0.25) is 0 Å². The summed E-state index contributed by atoms with van der Waals surface area (Å²) in [5.41, 5.74) is 1.27. The number of carbonyl (C=O) groups excluding carboxylic acids is 2. The Morgan fingerprint density at radius 1 is 0.971 bits per heavy atom. The highest BCUT2D eigenvalue weighted by atomic mass is 19.1. The van der Waals surface area contributed by atoms with E-state index in [0.717, 1.165) is 11.1 Å². The lowest BCUT2D eigenvalue weighted by Crippen LogP contribution is -2.52. The molecule has 0 aliphatic rings. The van der Waals surface area contributed by atoms with E-state index < -0.39 is 11.6 Å². The van der Waals surface area contributed by atoms with Gasteiger partial charge < -0.3 is 19.7 Å². The van der Waals surface area contributed by atoms with Gasteiger partial charge in [0.05, 0.1) is 13.2 Å². The van der Waals surface area contributed by atoms with E-state index >= 15 is 0 Å². The number of ether oxygens (including phenoxy) is 2. The zero-order valence-corrected chi connectivity index (χ0v) is 21.1. The summed E-state index contributed by atoms with van der Waals surface area (Å²) in [7, 11) is 0. The van der Waals surface area contributed by atoms with E-state index in [9.17, 15) is 14.0 Å². The highest BCUT2D eigenvalue weighted by molar-refractivity contribution is 5.87. The molecule has 186 valence electrons. The Morgan fingerprint density at radius 2 is 1.56 bits per heavy atom. The van der Waals surface area contributed by atoms with E-state index in [-0.39, 0.29) is 30.6 Å². The monoisotopic (exact) mass is 472 g/mol. The van der Waals surface area contributed by atoms with Crippen LogP contribution in [0.5, 0.6) is 11.5 Å². The lowest BCUT2D eigenvalue weighted by molar-refractivity contribution is -0.141. The third-order valence-corrected chi connectivity index (χ3v) is 5.17. The quantitative estimate of drug-likeness (QED) is 0.506. The van der Waals surface area contributed by atoms with Crippen molar-refractivity contribution in [3.8, 4) is 11.5 Å². The Morgan fingerprint density at radius 3 is 2.15 bits per heavy atom. The van der Waals surface area contributed by atoms with Crippen molar-refractivity contribution in [3.63, 3.8) is 0 Å². The summed E-state index contributed by atoms with van der Waals surface area (Å²) in [6.45, 7) is 12.5. The fourth-order valence-corrected chi connectivity index (χ4v) is 3.49. The topological polar surface area (TPSA) is 67.9 Å². The molecule has 0 heterocycles. The fraction of sp³-hybridized carbons (Fsp3) is 0.481. The van der Waals surface area contributed by atoms with E-state index in [2.05, 4.69) is 5.32 Å². The molecule has 2 aromatic carbocycles. The van der Waals surface area contributed by atoms with Crippen LogP contribution >= 0.6 is 0 Å². The van der Waals surface area contributed by atoms with Crippen molar-refractivity contribution in [1.29, 1.82) is 0 Å². The van der Waals surface area contributed by atoms with Crippen LogP contribution in [0.1, 0.15) is 59.1 Å². The number of nitrogens with zero attached hydrogens (tertiary/aromatic N) is 1. The van der Waals surface area contributed by atoms with Crippen molar-refractivity contribution in [2.75, 3.05) is 13.2 Å². The Kier molecular flexibility index (Phi) is 9.90. The first kappa shape index (κ1) is 27.2. The summed E-state index contributed by atoms with van der Waals surface area (Å²) >= 11 is 0. The van der Waals surface area contributed by atoms with E-state index in [1.165, 1.54) is 12.1 Å². The van der Waals surface area contributed by atoms with Crippen molar-refractivity contribution < 1.29 is 23.5 Å². The minimum absolute atomic E-state index is 0.160. The number of aryl methyl sites for hydroxylation is 1. The number of hydrogen-bond donors (Lipinski definition) is 1. The summed E-state index contributed by atoms with van der Waals surface area (Å²) in [5.74, 6) is 0.580. The van der Waals surface area contributed by atoms with Gasteiger partial charge in [0.25, 0.3) is 0 Å². The smallest absolute Gasteiger partial charge is 0.242 e. The summed E-state index contributed by atoms with van der Waals surface area (Å²) in [6, 6.07) is 10.9. The van der Waals surface area contributed by atoms with E-state index in [0.29, 0.717) is 31.1 Å². The first-order valence-corrected chi connectivity index (χ1v) is 11.8. The molecular formula is C27H37FN2O4. The zero-order valence-electron chi connectivity index (χ0n) is 21.1. The molecule has 34 heavy (non-hydrogen) atoms. The molecule has 0 radical (unpaired) electrons. The third-order valence-electron chi connectivity index (χ3n) is 5.17. The first-order valence-electron chi connectivity index (χ1n) is 11.8. The Labute approximate surface area is 202 Å². The molecular weight excluding hydrogens is 435 g/mol. The average Bonchev–Trinajstić information content (AvgIpc) is 2.77. The third kappa shape index (κ3) is 8.36. The van der Waals surface area contributed by atoms with Crippen molar-refractivity contribution in [2.24, 2.45) is 0 Å². The molecule has 1 N–H and O–H groups in total. The Balaban J connectivity index is 2.19. The molecule has 0 saturated carbocycles. The summed E-state index contributed by atoms with van der Waals surface area (Å²) in [4.78, 5) is 27.7. The van der Waals surface area contributed by atoms with E-state index in [1.54, 1.807) is 24.0 Å². The van der Waals surface area contributed by atoms with Gasteiger partial charge in [0.2, 0.25) is 11.8 Å². The molecule has 0 fully saturated rings. The van der Waals surface area contributed by atoms with Gasteiger partial charge >= 0.3 is 0 Å². The molecule has 0 bridgehead atoms. The number of nitrogens with one attached hydrogen (secondary N) is 1. The highest BCUT2D eigenvalue weighted by Crippen LogP contribution is 2.29. The molecule has 1 atom stereocenters. The van der Waals surface area contributed by atoms with Gasteiger partial charge in [-0.25, -0.2) is 4.39 Å². The molecule has 0 aromatic heterocycles. The van der Waals surface area contributed by atoms with Crippen LogP contribution in [0.4, 0.5) is 4.39 Å². The van der Waals surface area contributed by atoms with Gasteiger partial charge in [-0.15, -0.1) is 0 Å². The van der Waals surface area contributed by atoms with Crippen LogP contribution < -0.4 is 14.8 Å². The summed E-state index contributed by atoms with van der Waals surface area (Å²) in [5, 5.41) is 2.94. The normalized spacial score (nSPS) is 12.1. The van der Waals surface area contributed by atoms with Crippen molar-refractivity contribution in [3.05, 3.63) is 59.4 Å². The zero-order chi connectivity index (χ0) is 25.3. The standard InChI is InChI=1S/C27H37FN2O4/c1-7-33-23-15-11-20(17-24(23)34-8-2)12-16-25(31)30(18-21-9-13-22(28)14-10-21)19(3)26(32)29-27(4,5)6/h9-11,13-15,17,19H,7-8,12,16,18H2,1-6H3,(H,29,32)/t19-/m1/s1. The van der Waals surface area contributed by atoms with Crippen molar-refractivity contribution in [1.82, 2.24) is 10.2 Å². The molecule has 6 nitrogen and oxygen atoms in total. The van der Waals surface area contributed by atoms with Crippen LogP contribution in [-0.2, 0) is 22.6 Å². The number of rotatable bonds is 11. The number of carbonyl (C=O) groups is 2. The van der Waals surface area contributed by atoms with Gasteiger partial charge in [0, 0.05) is 18.5 Å². The minimum atomic E-state index is -0.684. The molecule has 7 heteroatoms. The van der Waals surface area contributed by atoms with E-state index in [1.807, 2.05) is 52.8 Å². The number of amides is 2. The second-order valence-corrected chi connectivity index (χ2v) is 9.21. The van der Waals surface area contributed by atoms with Crippen LogP contribution in [0.25, 0.3) is 0 Å². The molecule has 2 aromatic rings. The van der Waals surface area contributed by atoms with E-state index in [4.69, 9.17) is 9.47 Å². The molecule has 0 spiro atoms. The number of halogens is 1. The second kappa shape index (κ2) is 12.4. The van der Waals surface area contributed by atoms with Gasteiger partial charge in [-0.1, -0.05) is 18.2 Å². The lowest BCUT2D eigenvalue weighted by Gasteiger charge is -2.31. The molecule has 0 saturated heterocycles. The summed E-state index contributed by atoms with van der Waals surface area (Å²) in [6.07, 6.45) is 0.701. The highest BCUT2D eigenvalue weighted by Gasteiger charge is 2.28. The molecule has 0 aliphatic heterocycles. The van der Waals surface area contributed by atoms with Gasteiger partial charge in [-0.2, -0.15) is 0 Å². The van der Waals surface area contributed by atoms with Crippen LogP contribution in [0.15, 0.2) is 42.5 Å². The summed E-state index contributed by atoms with van der Waals surface area (Å²) < 4.78 is 24.7. The predicted molar refractivity (Wildman–Crippen MR) is 131 cm³/mol. The van der Waals surface area contributed by atoms with Crippen LogP contribution in [-0.4, -0.2) is 41.5 Å². The second-order valence-electron chi connectivity index (χ2n) is 9.21. The number of benzene rings is 2. The Bertz CT molecular complexity index is 954. The first-order chi connectivity index (χ1) is 16.0. The lowest BCUT2D eigenvalue weighted by atomic mass is 10.1. The fourth-order valence-electron chi connectivity index (χ4n) is 3.49. The average molecular weight is 473 g/mol. The van der Waals surface area contributed by atoms with Crippen molar-refractivity contribution >= 4 is 11.8 Å². The predicted octanol–water partition coefficient (Wildman–Crippen LogP) is 4.89. The SMILES string of the molecule is CCOc1ccc(CCC(=O)N(Cc2ccc(F)cc2)[C@H](C)C(=O)NC(C)(C)C)cc1OCC.